The number of likely N-dealkylation sites (tertiary alicyclic amines) is 1. The Kier molecular flexibility index (Phi) is 6.97. The molecule has 3 unspecified atom stereocenters. The number of piperidine rings is 1. The highest BCUT2D eigenvalue weighted by Gasteiger charge is 2.32. The predicted molar refractivity (Wildman–Crippen MR) is 89.4 cm³/mol. The molecule has 0 aromatic rings. The molecule has 3 atom stereocenters. The molecule has 1 aliphatic carbocycles. The maximum atomic E-state index is 10.3. The van der Waals surface area contributed by atoms with Gasteiger partial charge in [-0.25, -0.2) is 0 Å². The van der Waals surface area contributed by atoms with Crippen molar-refractivity contribution in [3.8, 4) is 0 Å². The summed E-state index contributed by atoms with van der Waals surface area (Å²) in [5.74, 6) is 2.16. The van der Waals surface area contributed by atoms with Crippen molar-refractivity contribution in [1.29, 1.82) is 0 Å². The molecule has 3 nitrogen and oxygen atoms in total. The van der Waals surface area contributed by atoms with Crippen LogP contribution in [0.25, 0.3) is 0 Å². The van der Waals surface area contributed by atoms with Crippen molar-refractivity contribution in [2.24, 2.45) is 17.8 Å². The van der Waals surface area contributed by atoms with Gasteiger partial charge in [-0.05, 0) is 56.4 Å². The quantitative estimate of drug-likeness (QED) is 0.723. The first kappa shape index (κ1) is 17.2. The minimum atomic E-state index is -0.122. The van der Waals surface area contributed by atoms with Crippen LogP contribution in [-0.2, 0) is 0 Å². The fraction of sp³-hybridized carbons (Fsp3) is 1.00. The summed E-state index contributed by atoms with van der Waals surface area (Å²) in [5.41, 5.74) is 0. The van der Waals surface area contributed by atoms with Crippen LogP contribution >= 0.6 is 0 Å². The molecule has 1 heterocycles. The van der Waals surface area contributed by atoms with Crippen LogP contribution in [0.15, 0.2) is 0 Å². The highest BCUT2D eigenvalue weighted by molar-refractivity contribution is 4.88. The number of hydrogen-bond donors (Lipinski definition) is 2. The molecule has 1 saturated heterocycles. The first-order valence-electron chi connectivity index (χ1n) is 9.22. The van der Waals surface area contributed by atoms with Gasteiger partial charge in [0.05, 0.1) is 6.10 Å². The van der Waals surface area contributed by atoms with E-state index >= 15 is 0 Å². The van der Waals surface area contributed by atoms with Crippen LogP contribution < -0.4 is 5.32 Å². The van der Waals surface area contributed by atoms with Gasteiger partial charge in [0.2, 0.25) is 0 Å². The Morgan fingerprint density at radius 1 is 1.24 bits per heavy atom. The minimum Gasteiger partial charge on any atom is -0.393 e. The van der Waals surface area contributed by atoms with E-state index in [2.05, 4.69) is 31.0 Å². The molecular formula is C18H36N2O. The molecule has 0 aromatic heterocycles. The Morgan fingerprint density at radius 2 is 2.00 bits per heavy atom. The molecule has 0 bridgehead atoms. The van der Waals surface area contributed by atoms with Gasteiger partial charge in [-0.2, -0.15) is 0 Å². The molecule has 2 rings (SSSR count). The molecule has 1 aliphatic heterocycles. The molecule has 3 heteroatoms. The summed E-state index contributed by atoms with van der Waals surface area (Å²) >= 11 is 0. The summed E-state index contributed by atoms with van der Waals surface area (Å²) in [4.78, 5) is 2.63. The molecule has 124 valence electrons. The third-order valence-electron chi connectivity index (χ3n) is 5.42. The molecule has 1 saturated carbocycles. The van der Waals surface area contributed by atoms with Crippen molar-refractivity contribution < 1.29 is 5.11 Å². The van der Waals surface area contributed by atoms with Crippen molar-refractivity contribution in [3.63, 3.8) is 0 Å². The van der Waals surface area contributed by atoms with Gasteiger partial charge < -0.3 is 15.3 Å². The van der Waals surface area contributed by atoms with E-state index < -0.39 is 0 Å². The average Bonchev–Trinajstić information content (AvgIpc) is 2.41. The Balaban J connectivity index is 1.83. The zero-order valence-corrected chi connectivity index (χ0v) is 14.4. The molecule has 0 radical (unpaired) electrons. The van der Waals surface area contributed by atoms with E-state index in [9.17, 15) is 5.11 Å². The third-order valence-corrected chi connectivity index (χ3v) is 5.42. The topological polar surface area (TPSA) is 35.5 Å². The minimum absolute atomic E-state index is 0.122. The van der Waals surface area contributed by atoms with Gasteiger partial charge in [-0.3, -0.25) is 0 Å². The van der Waals surface area contributed by atoms with E-state index in [4.69, 9.17) is 0 Å². The standard InChI is InChI=1S/C18H36N2O/c1-4-18(21)16-10-17(19-9-8-14(2)3)13-20(12-16)11-15-6-5-7-15/h14-19,21H,4-13H2,1-3H3. The lowest BCUT2D eigenvalue weighted by Gasteiger charge is -2.42. The van der Waals surface area contributed by atoms with E-state index in [-0.39, 0.29) is 6.10 Å². The lowest BCUT2D eigenvalue weighted by Crippen LogP contribution is -2.53. The van der Waals surface area contributed by atoms with Crippen LogP contribution in [0, 0.1) is 17.8 Å². The lowest BCUT2D eigenvalue weighted by molar-refractivity contribution is 0.0247. The largest absolute Gasteiger partial charge is 0.393 e. The molecular weight excluding hydrogens is 260 g/mol. The summed E-state index contributed by atoms with van der Waals surface area (Å²) in [5, 5.41) is 14.0. The Morgan fingerprint density at radius 3 is 2.57 bits per heavy atom. The van der Waals surface area contributed by atoms with E-state index in [0.29, 0.717) is 12.0 Å². The van der Waals surface area contributed by atoms with Crippen molar-refractivity contribution >= 4 is 0 Å². The average molecular weight is 296 g/mol. The SMILES string of the molecule is CCC(O)C1CC(NCCC(C)C)CN(CC2CCC2)C1. The number of aliphatic hydroxyl groups is 1. The molecule has 0 spiro atoms. The summed E-state index contributed by atoms with van der Waals surface area (Å²) in [6, 6.07) is 0.573. The van der Waals surface area contributed by atoms with Gasteiger partial charge >= 0.3 is 0 Å². The molecule has 0 aromatic carbocycles. The van der Waals surface area contributed by atoms with E-state index in [1.54, 1.807) is 0 Å². The summed E-state index contributed by atoms with van der Waals surface area (Å²) in [6.45, 7) is 11.3. The number of nitrogens with zero attached hydrogens (tertiary/aromatic N) is 1. The summed E-state index contributed by atoms with van der Waals surface area (Å²) < 4.78 is 0. The van der Waals surface area contributed by atoms with Gasteiger partial charge in [-0.15, -0.1) is 0 Å². The first-order chi connectivity index (χ1) is 10.1. The second-order valence-corrected chi connectivity index (χ2v) is 7.82. The molecule has 2 aliphatic rings. The maximum absolute atomic E-state index is 10.3. The zero-order chi connectivity index (χ0) is 15.2. The molecule has 2 N–H and O–H groups in total. The monoisotopic (exact) mass is 296 g/mol. The van der Waals surface area contributed by atoms with Crippen LogP contribution in [-0.4, -0.2) is 48.3 Å². The molecule has 2 fully saturated rings. The van der Waals surface area contributed by atoms with Crippen molar-refractivity contribution in [1.82, 2.24) is 10.2 Å². The number of aliphatic hydroxyl groups excluding tert-OH is 1. The fourth-order valence-electron chi connectivity index (χ4n) is 3.76. The highest BCUT2D eigenvalue weighted by atomic mass is 16.3. The van der Waals surface area contributed by atoms with Gasteiger partial charge in [0.25, 0.3) is 0 Å². The maximum Gasteiger partial charge on any atom is 0.0578 e. The first-order valence-corrected chi connectivity index (χ1v) is 9.22. The predicted octanol–water partition coefficient (Wildman–Crippen LogP) is 2.88. The van der Waals surface area contributed by atoms with Crippen LogP contribution in [0.5, 0.6) is 0 Å². The highest BCUT2D eigenvalue weighted by Crippen LogP contribution is 2.29. The number of nitrogens with one attached hydrogen (secondary N) is 1. The Labute approximate surface area is 131 Å². The number of rotatable bonds is 8. The van der Waals surface area contributed by atoms with E-state index in [1.807, 2.05) is 0 Å². The Bertz CT molecular complexity index is 291. The second-order valence-electron chi connectivity index (χ2n) is 7.82. The van der Waals surface area contributed by atoms with Gasteiger partial charge in [0.1, 0.15) is 0 Å². The van der Waals surface area contributed by atoms with Gasteiger partial charge in [0, 0.05) is 25.7 Å². The van der Waals surface area contributed by atoms with Crippen LogP contribution in [0.2, 0.25) is 0 Å². The van der Waals surface area contributed by atoms with Gasteiger partial charge in [-0.1, -0.05) is 27.2 Å². The summed E-state index contributed by atoms with van der Waals surface area (Å²) in [7, 11) is 0. The van der Waals surface area contributed by atoms with Gasteiger partial charge in [0.15, 0.2) is 0 Å². The van der Waals surface area contributed by atoms with Crippen LogP contribution in [0.1, 0.15) is 59.3 Å². The Hall–Kier alpha value is -0.120. The van der Waals surface area contributed by atoms with E-state index in [0.717, 1.165) is 37.8 Å². The van der Waals surface area contributed by atoms with Crippen LogP contribution in [0.3, 0.4) is 0 Å². The second kappa shape index (κ2) is 8.50. The normalized spacial score (nSPS) is 29.6. The molecule has 0 amide bonds. The third kappa shape index (κ3) is 5.54. The smallest absolute Gasteiger partial charge is 0.0578 e. The van der Waals surface area contributed by atoms with Crippen molar-refractivity contribution in [2.75, 3.05) is 26.2 Å². The number of hydrogen-bond acceptors (Lipinski definition) is 3. The molecule has 21 heavy (non-hydrogen) atoms. The van der Waals surface area contributed by atoms with Crippen molar-refractivity contribution in [3.05, 3.63) is 0 Å². The van der Waals surface area contributed by atoms with E-state index in [1.165, 1.54) is 38.8 Å². The fourth-order valence-corrected chi connectivity index (χ4v) is 3.76. The lowest BCUT2D eigenvalue weighted by atomic mass is 9.83. The summed E-state index contributed by atoms with van der Waals surface area (Å²) in [6.07, 6.45) is 7.43. The van der Waals surface area contributed by atoms with Crippen molar-refractivity contribution in [2.45, 2.75) is 71.4 Å². The van der Waals surface area contributed by atoms with Crippen LogP contribution in [0.4, 0.5) is 0 Å². The zero-order valence-electron chi connectivity index (χ0n) is 14.4.